The van der Waals surface area contributed by atoms with Gasteiger partial charge < -0.3 is 5.32 Å². The molecule has 644 valence electrons. The summed E-state index contributed by atoms with van der Waals surface area (Å²) < 4.78 is 0. The molecule has 16 aromatic rings. The van der Waals surface area contributed by atoms with Crippen molar-refractivity contribution in [1.29, 1.82) is 0 Å². The normalized spacial score (nSPS) is 13.0. The first-order valence-electron chi connectivity index (χ1n) is 43.9. The summed E-state index contributed by atoms with van der Waals surface area (Å²) in [5, 5.41) is 13.0. The Labute approximate surface area is 739 Å². The van der Waals surface area contributed by atoms with Crippen molar-refractivity contribution in [2.75, 3.05) is 18.5 Å². The number of aromatic nitrogens is 11. The highest BCUT2D eigenvalue weighted by atomic mass is 15.3. The van der Waals surface area contributed by atoms with E-state index in [1.807, 2.05) is 110 Å². The molecule has 2 aliphatic rings. The van der Waals surface area contributed by atoms with Gasteiger partial charge in [-0.3, -0.25) is 29.7 Å². The van der Waals surface area contributed by atoms with Crippen LogP contribution in [-0.2, 0) is 57.4 Å². The first-order chi connectivity index (χ1) is 58.6. The van der Waals surface area contributed by atoms with Crippen molar-refractivity contribution in [2.24, 2.45) is 0 Å². The molecule has 2 aliphatic heterocycles. The molecule has 0 aliphatic carbocycles. The smallest absolute Gasteiger partial charge is 0.162 e. The Morgan fingerprint density at radius 2 is 0.798 bits per heavy atom. The van der Waals surface area contributed by atoms with Gasteiger partial charge in [-0.1, -0.05) is 309 Å². The zero-order valence-corrected chi connectivity index (χ0v) is 78.6. The molecule has 0 radical (unpaired) electrons. The van der Waals surface area contributed by atoms with Crippen molar-refractivity contribution < 1.29 is 0 Å². The van der Waals surface area contributed by atoms with Crippen LogP contribution in [-0.4, -0.2) is 89.9 Å². The lowest BCUT2D eigenvalue weighted by Gasteiger charge is -2.32. The lowest BCUT2D eigenvalue weighted by Crippen LogP contribution is -2.38. The highest BCUT2D eigenvalue weighted by Crippen LogP contribution is 2.33. The molecule has 10 heterocycles. The van der Waals surface area contributed by atoms with E-state index >= 15 is 0 Å². The first kappa shape index (κ1) is 94.5. The van der Waals surface area contributed by atoms with Crippen molar-refractivity contribution in [3.8, 4) is 0 Å². The minimum atomic E-state index is 0.0179. The lowest BCUT2D eigenvalue weighted by atomic mass is 9.85. The van der Waals surface area contributed by atoms with Crippen LogP contribution in [0, 0.1) is 0 Å². The van der Waals surface area contributed by atoms with Crippen LogP contribution in [0.3, 0.4) is 0 Å². The fraction of sp³-hybridized carbons (Fsp3) is 0.355. The summed E-state index contributed by atoms with van der Waals surface area (Å²) in [6.07, 6.45) is 13.8. The van der Waals surface area contributed by atoms with E-state index in [0.29, 0.717) is 12.1 Å². The second-order valence-electron chi connectivity index (χ2n) is 39.8. The van der Waals surface area contributed by atoms with E-state index in [9.17, 15) is 0 Å². The number of nitrogens with one attached hydrogen (secondary N) is 1. The molecule has 0 saturated heterocycles. The molecule has 14 heteroatoms. The molecule has 0 atom stereocenters. The van der Waals surface area contributed by atoms with E-state index in [-0.39, 0.29) is 37.9 Å². The monoisotopic (exact) mass is 1650 g/mol. The average Bonchev–Trinajstić information content (AvgIpc) is 0.725. The van der Waals surface area contributed by atoms with E-state index in [1.165, 1.54) is 73.5 Å². The Morgan fingerprint density at radius 1 is 0.306 bits per heavy atom. The van der Waals surface area contributed by atoms with E-state index in [0.717, 1.165) is 92.1 Å². The van der Waals surface area contributed by atoms with Crippen LogP contribution in [0.4, 0.5) is 5.69 Å². The number of nitrogens with zero attached hydrogens (tertiary/aromatic N) is 13. The van der Waals surface area contributed by atoms with Gasteiger partial charge in [0.2, 0.25) is 0 Å². The predicted octanol–water partition coefficient (Wildman–Crippen LogP) is 27.0. The van der Waals surface area contributed by atoms with E-state index in [1.54, 1.807) is 24.4 Å². The Balaban J connectivity index is 0.000000146. The summed E-state index contributed by atoms with van der Waals surface area (Å²) in [5.41, 5.74) is 19.7. The SMILES string of the molecule is CC(C)(C)c1ccc2ccccc2n1.CC(C)(C)c1ccnc2ccccc12.CC(C)(C)c1cnc2ccccc2c1.CC(C)(C)c1ncc2ccccc2n1.CC(C)(C)c1nccc2ccccc12.CC(C)(C)c1ncnc2ccccc12.CC(C)(C)c1ncnc2ncccc12.CC(C)N1CCc2ccccc2C1.CC(C)N1CNc2ccccc2C1. The molecule has 0 spiro atoms. The second kappa shape index (κ2) is 41.6. The molecule has 0 amide bonds. The fourth-order valence-corrected chi connectivity index (χ4v) is 14.5. The number of fused-ring (bicyclic) bond motifs is 9. The third-order valence-corrected chi connectivity index (χ3v) is 21.7. The van der Waals surface area contributed by atoms with Crippen LogP contribution in [0.1, 0.15) is 230 Å². The highest BCUT2D eigenvalue weighted by molar-refractivity contribution is 5.86. The molecular formula is C110H134N14. The summed E-state index contributed by atoms with van der Waals surface area (Å²) >= 11 is 0. The number of rotatable bonds is 2. The minimum absolute atomic E-state index is 0.0179. The summed E-state index contributed by atoms with van der Waals surface area (Å²) in [6.45, 7) is 59.1. The molecule has 0 unspecified atom stereocenters. The van der Waals surface area contributed by atoms with Crippen LogP contribution < -0.4 is 5.32 Å². The molecule has 0 bridgehead atoms. The van der Waals surface area contributed by atoms with Gasteiger partial charge in [-0.2, -0.15) is 0 Å². The molecular weight excluding hydrogens is 1520 g/mol. The van der Waals surface area contributed by atoms with Gasteiger partial charge in [0.25, 0.3) is 0 Å². The van der Waals surface area contributed by atoms with E-state index < -0.39 is 0 Å². The number of hydrogen-bond donors (Lipinski definition) is 1. The van der Waals surface area contributed by atoms with Crippen LogP contribution in [0.5, 0.6) is 0 Å². The van der Waals surface area contributed by atoms with Gasteiger partial charge in [-0.15, -0.1) is 0 Å². The third kappa shape index (κ3) is 26.7. The predicted molar refractivity (Wildman–Crippen MR) is 526 cm³/mol. The van der Waals surface area contributed by atoms with Gasteiger partial charge in [0.15, 0.2) is 5.65 Å². The summed E-state index contributed by atoms with van der Waals surface area (Å²) in [5.74, 6) is 0.899. The Kier molecular flexibility index (Phi) is 31.8. The zero-order valence-electron chi connectivity index (χ0n) is 78.6. The fourth-order valence-electron chi connectivity index (χ4n) is 14.5. The molecule has 18 rings (SSSR count). The topological polar surface area (TPSA) is 160 Å². The van der Waals surface area contributed by atoms with Gasteiger partial charge in [-0.25, -0.2) is 34.9 Å². The third-order valence-electron chi connectivity index (χ3n) is 21.7. The molecule has 0 fully saturated rings. The minimum Gasteiger partial charge on any atom is -0.372 e. The van der Waals surface area contributed by atoms with E-state index in [2.05, 4.69) is 395 Å². The van der Waals surface area contributed by atoms with Crippen molar-refractivity contribution in [2.45, 2.75) is 243 Å². The Bertz CT molecular complexity index is 5450. The van der Waals surface area contributed by atoms with Crippen molar-refractivity contribution >= 4 is 82.0 Å². The summed E-state index contributed by atoms with van der Waals surface area (Å²) in [6, 6.07) is 82.5. The zero-order chi connectivity index (χ0) is 89.8. The van der Waals surface area contributed by atoms with E-state index in [4.69, 9.17) is 0 Å². The molecule has 8 aromatic heterocycles. The maximum Gasteiger partial charge on any atom is 0.162 e. The summed E-state index contributed by atoms with van der Waals surface area (Å²) in [7, 11) is 0. The number of para-hydroxylation sites is 6. The van der Waals surface area contributed by atoms with Crippen molar-refractivity contribution in [1.82, 2.24) is 64.6 Å². The number of hydrogen-bond acceptors (Lipinski definition) is 14. The number of benzene rings is 8. The van der Waals surface area contributed by atoms with Gasteiger partial charge in [-0.05, 0) is 151 Å². The second-order valence-corrected chi connectivity index (χ2v) is 39.8. The van der Waals surface area contributed by atoms with Gasteiger partial charge >= 0.3 is 0 Å². The first-order valence-corrected chi connectivity index (χ1v) is 43.9. The molecule has 1 N–H and O–H groups in total. The molecule has 0 saturated carbocycles. The van der Waals surface area contributed by atoms with Crippen molar-refractivity contribution in [3.05, 3.63) is 337 Å². The quantitative estimate of drug-likeness (QED) is 0.174. The standard InChI is InChI=1S/4C13H15N.2C12H14N2.C12H17N.C11H13N3.C11H16N2/c1-13(2,3)11-8-10-6-4-5-7-12(10)14-9-11;1-13(2,3)11-8-9-14-12-7-5-4-6-10(11)12;1-13(2,3)12-11-7-5-4-6-10(11)8-9-14-12;1-13(2,3)12-9-8-10-6-4-5-7-11(10)14-12;1-12(2,3)11-9-6-4-5-7-10(9)13-8-14-11;1-12(2,3)11-13-8-9-6-4-5-7-10(9)14-11;1-10(2)13-8-7-11-5-3-4-6-12(11)9-13;1-11(2,3)9-8-5-4-6-12-10(8)14-7-13-9;1-9(2)13-7-10-5-3-4-6-11(10)12-8-13/h4*4-9H,1-3H3;2*4-8H,1-3H3;3-6,10H,7-9H2,1-2H3;4-7H,1-3H3;3-6,9,12H,7-8H2,1-2H3. The number of anilines is 1. The van der Waals surface area contributed by atoms with Gasteiger partial charge in [0.05, 0.1) is 51.3 Å². The van der Waals surface area contributed by atoms with Crippen LogP contribution in [0.15, 0.2) is 280 Å². The lowest BCUT2D eigenvalue weighted by molar-refractivity contribution is 0.203. The molecule has 14 nitrogen and oxygen atoms in total. The largest absolute Gasteiger partial charge is 0.372 e. The highest BCUT2D eigenvalue weighted by Gasteiger charge is 2.25. The Morgan fingerprint density at radius 3 is 1.41 bits per heavy atom. The maximum atomic E-state index is 4.65. The molecule has 124 heavy (non-hydrogen) atoms. The van der Waals surface area contributed by atoms with Gasteiger partial charge in [0.1, 0.15) is 18.5 Å². The van der Waals surface area contributed by atoms with Crippen molar-refractivity contribution in [3.63, 3.8) is 0 Å². The van der Waals surface area contributed by atoms with Crippen LogP contribution in [0.2, 0.25) is 0 Å². The van der Waals surface area contributed by atoms with Crippen LogP contribution >= 0.6 is 0 Å². The average molecular weight is 1650 g/mol. The summed E-state index contributed by atoms with van der Waals surface area (Å²) in [4.78, 5) is 53.1. The number of pyridine rings is 5. The Hall–Kier alpha value is -11.7. The van der Waals surface area contributed by atoms with Gasteiger partial charge in [0, 0.05) is 139 Å². The maximum absolute atomic E-state index is 4.65. The molecule has 8 aromatic carbocycles. The van der Waals surface area contributed by atoms with Crippen LogP contribution in [0.25, 0.3) is 76.3 Å².